The van der Waals surface area contributed by atoms with Crippen LogP contribution in [0.2, 0.25) is 0 Å². The molecule has 2 aromatic carbocycles. The summed E-state index contributed by atoms with van der Waals surface area (Å²) in [6.07, 6.45) is -4.92. The molecule has 4 aromatic rings. The normalized spacial score (nSPS) is 11.5. The molecule has 0 fully saturated rings. The first-order chi connectivity index (χ1) is 14.7. The minimum absolute atomic E-state index is 0.0804. The maximum absolute atomic E-state index is 13.7. The van der Waals surface area contributed by atoms with Crippen LogP contribution in [0.1, 0.15) is 21.2 Å². The Balaban J connectivity index is 1.62. The van der Waals surface area contributed by atoms with Gasteiger partial charge in [-0.05, 0) is 43.3 Å². The quantitative estimate of drug-likeness (QED) is 0.442. The van der Waals surface area contributed by atoms with Gasteiger partial charge in [0, 0.05) is 16.6 Å². The largest absolute Gasteiger partial charge is 0.435 e. The first-order valence-corrected chi connectivity index (χ1v) is 9.73. The Labute approximate surface area is 177 Å². The molecule has 2 aromatic heterocycles. The average molecular weight is 447 g/mol. The van der Waals surface area contributed by atoms with E-state index in [0.717, 1.165) is 40.5 Å². The lowest BCUT2D eigenvalue weighted by molar-refractivity contribution is -0.143. The molecule has 0 bridgehead atoms. The topological polar surface area (TPSA) is 72.7 Å². The van der Waals surface area contributed by atoms with E-state index in [4.69, 9.17) is 0 Å². The fourth-order valence-corrected chi connectivity index (χ4v) is 3.48. The summed E-state index contributed by atoms with van der Waals surface area (Å²) < 4.78 is 54.6. The monoisotopic (exact) mass is 447 g/mol. The Kier molecular flexibility index (Phi) is 5.27. The standard InChI is InChI=1S/C20H13F4N5OS/c1-11-25-16(10-31-11)12-2-6-14(7-3-12)26-19(30)17-18(20(22,23)24)29(28-27-17)15-8-4-13(21)5-9-15/h2-10H,1H3,(H,26,30). The smallest absolute Gasteiger partial charge is 0.321 e. The van der Waals surface area contributed by atoms with Gasteiger partial charge in [-0.15, -0.1) is 16.4 Å². The molecule has 11 heteroatoms. The number of aromatic nitrogens is 4. The molecule has 0 aliphatic carbocycles. The summed E-state index contributed by atoms with van der Waals surface area (Å²) >= 11 is 1.49. The zero-order chi connectivity index (χ0) is 22.2. The number of hydrogen-bond donors (Lipinski definition) is 1. The highest BCUT2D eigenvalue weighted by Gasteiger charge is 2.42. The molecule has 0 unspecified atom stereocenters. The summed E-state index contributed by atoms with van der Waals surface area (Å²) in [6.45, 7) is 1.88. The Hall–Kier alpha value is -3.60. The van der Waals surface area contributed by atoms with Crippen LogP contribution in [0.3, 0.4) is 0 Å². The van der Waals surface area contributed by atoms with Crippen molar-refractivity contribution in [2.24, 2.45) is 0 Å². The number of nitrogens with zero attached hydrogens (tertiary/aromatic N) is 4. The van der Waals surface area contributed by atoms with Crippen LogP contribution in [-0.4, -0.2) is 25.9 Å². The van der Waals surface area contributed by atoms with E-state index >= 15 is 0 Å². The van der Waals surface area contributed by atoms with Crippen molar-refractivity contribution >= 4 is 22.9 Å². The summed E-state index contributed by atoms with van der Waals surface area (Å²) in [6, 6.07) is 10.7. The van der Waals surface area contributed by atoms with Gasteiger partial charge in [0.15, 0.2) is 11.4 Å². The fraction of sp³-hybridized carbons (Fsp3) is 0.100. The van der Waals surface area contributed by atoms with E-state index in [0.29, 0.717) is 4.68 Å². The Morgan fingerprint density at radius 3 is 2.32 bits per heavy atom. The van der Waals surface area contributed by atoms with E-state index < -0.39 is 29.3 Å². The third-order valence-corrected chi connectivity index (χ3v) is 5.06. The third kappa shape index (κ3) is 4.31. The number of benzene rings is 2. The maximum Gasteiger partial charge on any atom is 0.435 e. The number of aryl methyl sites for hydroxylation is 1. The highest BCUT2D eigenvalue weighted by Crippen LogP contribution is 2.33. The molecular weight excluding hydrogens is 434 g/mol. The molecule has 0 spiro atoms. The molecular formula is C20H13F4N5OS. The van der Waals surface area contributed by atoms with Crippen LogP contribution in [0.25, 0.3) is 16.9 Å². The zero-order valence-corrected chi connectivity index (χ0v) is 16.6. The van der Waals surface area contributed by atoms with Gasteiger partial charge in [0.1, 0.15) is 5.82 Å². The van der Waals surface area contributed by atoms with Crippen LogP contribution in [-0.2, 0) is 6.18 Å². The predicted octanol–water partition coefficient (Wildman–Crippen LogP) is 5.11. The van der Waals surface area contributed by atoms with Gasteiger partial charge in [0.25, 0.3) is 5.91 Å². The first kappa shape index (κ1) is 20.7. The van der Waals surface area contributed by atoms with E-state index in [-0.39, 0.29) is 11.4 Å². The molecule has 0 atom stereocenters. The van der Waals surface area contributed by atoms with E-state index in [9.17, 15) is 22.4 Å². The summed E-state index contributed by atoms with van der Waals surface area (Å²) in [5.41, 5.74) is -0.474. The number of thiazole rings is 1. The maximum atomic E-state index is 13.7. The highest BCUT2D eigenvalue weighted by molar-refractivity contribution is 7.09. The SMILES string of the molecule is Cc1nc(-c2ccc(NC(=O)c3nnn(-c4ccc(F)cc4)c3C(F)(F)F)cc2)cs1. The van der Waals surface area contributed by atoms with Gasteiger partial charge in [0.05, 0.1) is 16.4 Å². The van der Waals surface area contributed by atoms with Gasteiger partial charge >= 0.3 is 6.18 Å². The van der Waals surface area contributed by atoms with Crippen LogP contribution in [0, 0.1) is 12.7 Å². The molecule has 0 radical (unpaired) electrons. The second-order valence-corrected chi connectivity index (χ2v) is 7.52. The molecule has 0 aliphatic heterocycles. The van der Waals surface area contributed by atoms with E-state index in [1.54, 1.807) is 24.3 Å². The van der Waals surface area contributed by atoms with Gasteiger partial charge in [-0.1, -0.05) is 17.3 Å². The van der Waals surface area contributed by atoms with Crippen LogP contribution < -0.4 is 5.32 Å². The van der Waals surface area contributed by atoms with E-state index in [2.05, 4.69) is 20.6 Å². The molecule has 0 aliphatic rings. The second kappa shape index (κ2) is 7.91. The van der Waals surface area contributed by atoms with Crippen molar-refractivity contribution in [3.8, 4) is 16.9 Å². The van der Waals surface area contributed by atoms with Crippen molar-refractivity contribution in [2.75, 3.05) is 5.32 Å². The Morgan fingerprint density at radius 1 is 1.06 bits per heavy atom. The third-order valence-electron chi connectivity index (χ3n) is 4.28. The van der Waals surface area contributed by atoms with Crippen LogP contribution in [0.4, 0.5) is 23.2 Å². The molecule has 6 nitrogen and oxygen atoms in total. The Morgan fingerprint density at radius 2 is 1.74 bits per heavy atom. The van der Waals surface area contributed by atoms with Gasteiger partial charge in [0.2, 0.25) is 0 Å². The summed E-state index contributed by atoms with van der Waals surface area (Å²) in [4.78, 5) is 16.9. The lowest BCUT2D eigenvalue weighted by atomic mass is 10.1. The lowest BCUT2D eigenvalue weighted by Gasteiger charge is -2.11. The zero-order valence-electron chi connectivity index (χ0n) is 15.8. The van der Waals surface area contributed by atoms with Crippen molar-refractivity contribution in [1.82, 2.24) is 20.0 Å². The van der Waals surface area contributed by atoms with Crippen LogP contribution in [0.15, 0.2) is 53.9 Å². The number of halogens is 4. The first-order valence-electron chi connectivity index (χ1n) is 8.85. The second-order valence-electron chi connectivity index (χ2n) is 6.46. The predicted molar refractivity (Wildman–Crippen MR) is 107 cm³/mol. The van der Waals surface area contributed by atoms with Crippen molar-refractivity contribution in [1.29, 1.82) is 0 Å². The lowest BCUT2D eigenvalue weighted by Crippen LogP contribution is -2.21. The molecule has 0 saturated carbocycles. The fourth-order valence-electron chi connectivity index (χ4n) is 2.86. The van der Waals surface area contributed by atoms with E-state index in [1.165, 1.54) is 11.3 Å². The van der Waals surface area contributed by atoms with Gasteiger partial charge < -0.3 is 5.32 Å². The van der Waals surface area contributed by atoms with Crippen molar-refractivity contribution in [3.05, 3.63) is 76.1 Å². The average Bonchev–Trinajstić information content (AvgIpc) is 3.36. The van der Waals surface area contributed by atoms with E-state index in [1.807, 2.05) is 12.3 Å². The summed E-state index contributed by atoms with van der Waals surface area (Å²) in [5, 5.41) is 12.1. The molecule has 31 heavy (non-hydrogen) atoms. The van der Waals surface area contributed by atoms with Crippen molar-refractivity contribution in [3.63, 3.8) is 0 Å². The molecule has 1 amide bonds. The molecule has 4 rings (SSSR count). The molecule has 0 saturated heterocycles. The van der Waals surface area contributed by atoms with Crippen LogP contribution >= 0.6 is 11.3 Å². The molecule has 158 valence electrons. The number of carbonyl (C=O) groups excluding carboxylic acids is 1. The number of hydrogen-bond acceptors (Lipinski definition) is 5. The minimum atomic E-state index is -4.92. The highest BCUT2D eigenvalue weighted by atomic mass is 32.1. The van der Waals surface area contributed by atoms with Crippen LogP contribution in [0.5, 0.6) is 0 Å². The van der Waals surface area contributed by atoms with Crippen molar-refractivity contribution < 1.29 is 22.4 Å². The summed E-state index contributed by atoms with van der Waals surface area (Å²) in [7, 11) is 0. The van der Waals surface area contributed by atoms with Gasteiger partial charge in [-0.25, -0.2) is 14.1 Å². The van der Waals surface area contributed by atoms with Crippen molar-refractivity contribution in [2.45, 2.75) is 13.1 Å². The number of alkyl halides is 3. The molecule has 1 N–H and O–H groups in total. The summed E-state index contributed by atoms with van der Waals surface area (Å²) in [5.74, 6) is -1.69. The number of amides is 1. The number of nitrogens with one attached hydrogen (secondary N) is 1. The minimum Gasteiger partial charge on any atom is -0.321 e. The number of rotatable bonds is 4. The molecule has 2 heterocycles. The number of anilines is 1. The van der Waals surface area contributed by atoms with Gasteiger partial charge in [-0.2, -0.15) is 13.2 Å². The van der Waals surface area contributed by atoms with Gasteiger partial charge in [-0.3, -0.25) is 4.79 Å². The Bertz CT molecular complexity index is 1230. The number of carbonyl (C=O) groups is 1.